The molecule has 0 unspecified atom stereocenters. The lowest BCUT2D eigenvalue weighted by Crippen LogP contribution is -2.42. The van der Waals surface area contributed by atoms with Crippen LogP contribution in [0.15, 0.2) is 24.3 Å². The molecule has 0 heterocycles. The van der Waals surface area contributed by atoms with Crippen molar-refractivity contribution in [2.75, 3.05) is 0 Å². The van der Waals surface area contributed by atoms with E-state index in [-0.39, 0.29) is 5.56 Å². The van der Waals surface area contributed by atoms with Gasteiger partial charge in [0.25, 0.3) is 5.91 Å². The van der Waals surface area contributed by atoms with Gasteiger partial charge in [-0.1, -0.05) is 6.07 Å². The molecule has 1 aromatic carbocycles. The first-order valence-electron chi connectivity index (χ1n) is 4.91. The molecule has 0 aliphatic rings. The second kappa shape index (κ2) is 5.76. The van der Waals surface area contributed by atoms with Gasteiger partial charge in [-0.2, -0.15) is 0 Å². The number of hydrogen-bond acceptors (Lipinski definition) is 3. The van der Waals surface area contributed by atoms with Crippen LogP contribution < -0.4 is 5.32 Å². The molecule has 1 rings (SSSR count). The van der Waals surface area contributed by atoms with E-state index < -0.39 is 36.1 Å². The average molecular weight is 255 g/mol. The molecule has 0 aliphatic carbocycles. The minimum atomic E-state index is -1.56. The third-order valence-electron chi connectivity index (χ3n) is 2.07. The number of carboxylic acid groups (broad SMARTS) is 2. The molecule has 1 aromatic rings. The maximum absolute atomic E-state index is 12.8. The van der Waals surface area contributed by atoms with Crippen molar-refractivity contribution >= 4 is 17.8 Å². The van der Waals surface area contributed by atoms with E-state index in [0.717, 1.165) is 12.1 Å². The predicted octanol–water partition coefficient (Wildman–Crippen LogP) is 0.483. The Labute approximate surface area is 101 Å². The van der Waals surface area contributed by atoms with Crippen LogP contribution >= 0.6 is 0 Å². The Hall–Kier alpha value is -2.44. The van der Waals surface area contributed by atoms with Crippen molar-refractivity contribution in [2.45, 2.75) is 12.5 Å². The maximum Gasteiger partial charge on any atom is 0.326 e. The third-order valence-corrected chi connectivity index (χ3v) is 2.07. The van der Waals surface area contributed by atoms with Crippen LogP contribution in [0.1, 0.15) is 16.8 Å². The van der Waals surface area contributed by atoms with Crippen LogP contribution in [0.2, 0.25) is 0 Å². The van der Waals surface area contributed by atoms with Crippen molar-refractivity contribution < 1.29 is 29.0 Å². The van der Waals surface area contributed by atoms with Crippen molar-refractivity contribution in [3.63, 3.8) is 0 Å². The normalized spacial score (nSPS) is 11.6. The zero-order valence-corrected chi connectivity index (χ0v) is 9.09. The number of carbonyl (C=O) groups is 3. The van der Waals surface area contributed by atoms with Gasteiger partial charge in [-0.05, 0) is 18.2 Å². The molecule has 0 bridgehead atoms. The van der Waals surface area contributed by atoms with E-state index >= 15 is 0 Å². The number of aliphatic carboxylic acids is 2. The van der Waals surface area contributed by atoms with Crippen molar-refractivity contribution in [1.29, 1.82) is 0 Å². The Morgan fingerprint density at radius 2 is 1.94 bits per heavy atom. The highest BCUT2D eigenvalue weighted by atomic mass is 19.1. The van der Waals surface area contributed by atoms with Crippen molar-refractivity contribution in [3.05, 3.63) is 35.6 Å². The van der Waals surface area contributed by atoms with E-state index in [1.165, 1.54) is 12.1 Å². The van der Waals surface area contributed by atoms with Gasteiger partial charge in [0.2, 0.25) is 0 Å². The first-order valence-corrected chi connectivity index (χ1v) is 4.91. The van der Waals surface area contributed by atoms with Gasteiger partial charge in [-0.3, -0.25) is 9.59 Å². The number of halogens is 1. The smallest absolute Gasteiger partial charge is 0.326 e. The van der Waals surface area contributed by atoms with Gasteiger partial charge in [-0.15, -0.1) is 0 Å². The molecule has 0 saturated carbocycles. The van der Waals surface area contributed by atoms with E-state index in [9.17, 15) is 18.8 Å². The fourth-order valence-electron chi connectivity index (χ4n) is 1.25. The molecule has 1 atom stereocenters. The largest absolute Gasteiger partial charge is 0.481 e. The predicted molar refractivity (Wildman–Crippen MR) is 57.5 cm³/mol. The van der Waals surface area contributed by atoms with E-state index in [1.54, 1.807) is 0 Å². The lowest BCUT2D eigenvalue weighted by molar-refractivity contribution is -0.145. The molecule has 0 radical (unpaired) electrons. The molecule has 3 N–H and O–H groups in total. The highest BCUT2D eigenvalue weighted by Crippen LogP contribution is 2.04. The molecule has 0 aromatic heterocycles. The Balaban J connectivity index is 2.78. The average Bonchev–Trinajstić information content (AvgIpc) is 2.27. The lowest BCUT2D eigenvalue weighted by atomic mass is 10.1. The van der Waals surface area contributed by atoms with Crippen LogP contribution in [0.4, 0.5) is 4.39 Å². The topological polar surface area (TPSA) is 104 Å². The summed E-state index contributed by atoms with van der Waals surface area (Å²) in [6, 6.07) is 3.07. The summed E-state index contributed by atoms with van der Waals surface area (Å²) in [5.74, 6) is -4.32. The molecular formula is C11H10FNO5. The number of rotatable bonds is 5. The second-order valence-corrected chi connectivity index (χ2v) is 3.47. The van der Waals surface area contributed by atoms with Crippen molar-refractivity contribution in [2.24, 2.45) is 0 Å². The molecule has 0 spiro atoms. The summed E-state index contributed by atoms with van der Waals surface area (Å²) in [4.78, 5) is 32.7. The van der Waals surface area contributed by atoms with E-state index in [1.807, 2.05) is 5.32 Å². The molecule has 18 heavy (non-hydrogen) atoms. The molecule has 7 heteroatoms. The van der Waals surface area contributed by atoms with Gasteiger partial charge >= 0.3 is 11.9 Å². The SMILES string of the molecule is O=C(O)C[C@@H](NC(=O)c1cccc(F)c1)C(=O)O. The van der Waals surface area contributed by atoms with Crippen LogP contribution in [0.3, 0.4) is 0 Å². The fraction of sp³-hybridized carbons (Fsp3) is 0.182. The maximum atomic E-state index is 12.8. The summed E-state index contributed by atoms with van der Waals surface area (Å²) in [6.07, 6.45) is -0.754. The zero-order valence-electron chi connectivity index (χ0n) is 9.09. The van der Waals surface area contributed by atoms with Gasteiger partial charge < -0.3 is 15.5 Å². The summed E-state index contributed by atoms with van der Waals surface area (Å²) in [7, 11) is 0. The molecule has 6 nitrogen and oxygen atoms in total. The van der Waals surface area contributed by atoms with Crippen LogP contribution in [0.5, 0.6) is 0 Å². The molecule has 0 aliphatic heterocycles. The van der Waals surface area contributed by atoms with E-state index in [2.05, 4.69) is 0 Å². The monoisotopic (exact) mass is 255 g/mol. The minimum Gasteiger partial charge on any atom is -0.481 e. The van der Waals surface area contributed by atoms with Gasteiger partial charge in [0.15, 0.2) is 0 Å². The van der Waals surface area contributed by atoms with Crippen LogP contribution in [-0.4, -0.2) is 34.1 Å². The Morgan fingerprint density at radius 3 is 2.44 bits per heavy atom. The highest BCUT2D eigenvalue weighted by Gasteiger charge is 2.23. The number of benzene rings is 1. The quantitative estimate of drug-likeness (QED) is 0.710. The summed E-state index contributed by atoms with van der Waals surface area (Å²) < 4.78 is 12.8. The third kappa shape index (κ3) is 3.85. The van der Waals surface area contributed by atoms with Gasteiger partial charge in [-0.25, -0.2) is 9.18 Å². The number of nitrogens with one attached hydrogen (secondary N) is 1. The molecule has 0 fully saturated rings. The molecule has 0 saturated heterocycles. The Morgan fingerprint density at radius 1 is 1.28 bits per heavy atom. The standard InChI is InChI=1S/C11H10FNO5/c12-7-3-1-2-6(4-7)10(16)13-8(11(17)18)5-9(14)15/h1-4,8H,5H2,(H,13,16)(H,14,15)(H,17,18)/t8-/m1/s1. The summed E-state index contributed by atoms with van der Waals surface area (Å²) in [6.45, 7) is 0. The summed E-state index contributed by atoms with van der Waals surface area (Å²) in [5.41, 5.74) is -0.0772. The summed E-state index contributed by atoms with van der Waals surface area (Å²) in [5, 5.41) is 19.2. The lowest BCUT2D eigenvalue weighted by Gasteiger charge is -2.12. The van der Waals surface area contributed by atoms with Crippen molar-refractivity contribution in [3.8, 4) is 0 Å². The number of hydrogen-bond donors (Lipinski definition) is 3. The van der Waals surface area contributed by atoms with Gasteiger partial charge in [0.1, 0.15) is 11.9 Å². The highest BCUT2D eigenvalue weighted by molar-refractivity contribution is 5.97. The molecule has 96 valence electrons. The number of carbonyl (C=O) groups excluding carboxylic acids is 1. The molecular weight excluding hydrogens is 245 g/mol. The fourth-order valence-corrected chi connectivity index (χ4v) is 1.25. The van der Waals surface area contributed by atoms with Gasteiger partial charge in [0.05, 0.1) is 6.42 Å². The number of carboxylic acids is 2. The van der Waals surface area contributed by atoms with E-state index in [0.29, 0.717) is 0 Å². The van der Waals surface area contributed by atoms with Crippen LogP contribution in [0, 0.1) is 5.82 Å². The summed E-state index contributed by atoms with van der Waals surface area (Å²) >= 11 is 0. The second-order valence-electron chi connectivity index (χ2n) is 3.47. The zero-order chi connectivity index (χ0) is 13.7. The first-order chi connectivity index (χ1) is 8.40. The molecule has 1 amide bonds. The minimum absolute atomic E-state index is 0.0772. The Kier molecular flexibility index (Phi) is 4.36. The van der Waals surface area contributed by atoms with Crippen LogP contribution in [0.25, 0.3) is 0 Å². The van der Waals surface area contributed by atoms with Gasteiger partial charge in [0, 0.05) is 5.56 Å². The number of amides is 1. The Bertz CT molecular complexity index is 488. The van der Waals surface area contributed by atoms with Crippen molar-refractivity contribution in [1.82, 2.24) is 5.32 Å². The first kappa shape index (κ1) is 13.6. The van der Waals surface area contributed by atoms with E-state index in [4.69, 9.17) is 10.2 Å². The van der Waals surface area contributed by atoms with Crippen LogP contribution in [-0.2, 0) is 9.59 Å².